The lowest BCUT2D eigenvalue weighted by atomic mass is 10.1. The smallest absolute Gasteiger partial charge is 0.337 e. The minimum absolute atomic E-state index is 0.00859. The number of phenolic OH excluding ortho intramolecular Hbond substituents is 1. The van der Waals surface area contributed by atoms with Gasteiger partial charge >= 0.3 is 5.97 Å². The van der Waals surface area contributed by atoms with Crippen LogP contribution in [-0.4, -0.2) is 22.1 Å². The third kappa shape index (κ3) is 2.89. The largest absolute Gasteiger partial charge is 0.506 e. The SMILES string of the molecule is O=C(Nc1ccccc1C(=O)O)c1ccc(O)c(Cl)c1. The lowest BCUT2D eigenvalue weighted by molar-refractivity contribution is 0.0698. The van der Waals surface area contributed by atoms with E-state index < -0.39 is 11.9 Å². The van der Waals surface area contributed by atoms with Gasteiger partial charge in [-0.15, -0.1) is 0 Å². The molecule has 6 heteroatoms. The normalized spacial score (nSPS) is 10.1. The van der Waals surface area contributed by atoms with Crippen molar-refractivity contribution in [1.82, 2.24) is 0 Å². The first kappa shape index (κ1) is 13.9. The number of carboxylic acid groups (broad SMARTS) is 1. The number of rotatable bonds is 3. The van der Waals surface area contributed by atoms with Crippen molar-refractivity contribution in [2.24, 2.45) is 0 Å². The lowest BCUT2D eigenvalue weighted by Crippen LogP contribution is -2.14. The molecule has 0 aromatic heterocycles. The third-order valence-corrected chi connectivity index (χ3v) is 2.92. The summed E-state index contributed by atoms with van der Waals surface area (Å²) in [6.45, 7) is 0. The first-order valence-corrected chi connectivity index (χ1v) is 5.99. The van der Waals surface area contributed by atoms with E-state index in [4.69, 9.17) is 16.7 Å². The first-order valence-electron chi connectivity index (χ1n) is 5.61. The van der Waals surface area contributed by atoms with Crippen LogP contribution < -0.4 is 5.32 Å². The summed E-state index contributed by atoms with van der Waals surface area (Å²) < 4.78 is 0. The highest BCUT2D eigenvalue weighted by atomic mass is 35.5. The van der Waals surface area contributed by atoms with Crippen molar-refractivity contribution in [3.05, 3.63) is 58.6 Å². The summed E-state index contributed by atoms with van der Waals surface area (Å²) in [4.78, 5) is 23.0. The summed E-state index contributed by atoms with van der Waals surface area (Å²) in [6.07, 6.45) is 0. The number of hydrogen-bond donors (Lipinski definition) is 3. The molecule has 0 unspecified atom stereocenters. The van der Waals surface area contributed by atoms with E-state index in [1.165, 1.54) is 30.3 Å². The van der Waals surface area contributed by atoms with Gasteiger partial charge in [-0.3, -0.25) is 4.79 Å². The van der Waals surface area contributed by atoms with Crippen molar-refractivity contribution in [2.45, 2.75) is 0 Å². The molecular formula is C14H10ClNO4. The Labute approximate surface area is 119 Å². The zero-order valence-electron chi connectivity index (χ0n) is 10.1. The Morgan fingerprint density at radius 3 is 2.45 bits per heavy atom. The second-order valence-electron chi connectivity index (χ2n) is 3.97. The number of anilines is 1. The Bertz CT molecular complexity index is 685. The topological polar surface area (TPSA) is 86.6 Å². The molecule has 5 nitrogen and oxygen atoms in total. The Balaban J connectivity index is 2.28. The van der Waals surface area contributed by atoms with Crippen LogP contribution in [0.2, 0.25) is 5.02 Å². The number of hydrogen-bond acceptors (Lipinski definition) is 3. The highest BCUT2D eigenvalue weighted by molar-refractivity contribution is 6.32. The van der Waals surface area contributed by atoms with Crippen LogP contribution in [0, 0.1) is 0 Å². The molecule has 0 saturated carbocycles. The predicted molar refractivity (Wildman–Crippen MR) is 74.5 cm³/mol. The van der Waals surface area contributed by atoms with Gasteiger partial charge in [0.1, 0.15) is 5.75 Å². The van der Waals surface area contributed by atoms with Gasteiger partial charge in [-0.2, -0.15) is 0 Å². The van der Waals surface area contributed by atoms with Gasteiger partial charge in [-0.05, 0) is 30.3 Å². The molecule has 20 heavy (non-hydrogen) atoms. The number of benzene rings is 2. The van der Waals surface area contributed by atoms with E-state index in [1.54, 1.807) is 12.1 Å². The molecular weight excluding hydrogens is 282 g/mol. The van der Waals surface area contributed by atoms with Gasteiger partial charge in [-0.1, -0.05) is 23.7 Å². The molecule has 0 heterocycles. The van der Waals surface area contributed by atoms with E-state index in [0.717, 1.165) is 0 Å². The standard InChI is InChI=1S/C14H10ClNO4/c15-10-7-8(5-6-12(10)17)13(18)16-11-4-2-1-3-9(11)14(19)20/h1-7,17H,(H,16,18)(H,19,20). The van der Waals surface area contributed by atoms with Gasteiger partial charge in [0.25, 0.3) is 5.91 Å². The van der Waals surface area contributed by atoms with Crippen molar-refractivity contribution in [2.75, 3.05) is 5.32 Å². The van der Waals surface area contributed by atoms with Crippen LogP contribution in [-0.2, 0) is 0 Å². The molecule has 0 fully saturated rings. The highest BCUT2D eigenvalue weighted by Gasteiger charge is 2.13. The number of aromatic carboxylic acids is 1. The fourth-order valence-electron chi connectivity index (χ4n) is 1.62. The number of carbonyl (C=O) groups is 2. The third-order valence-electron chi connectivity index (χ3n) is 2.62. The molecule has 0 aliphatic rings. The van der Waals surface area contributed by atoms with Crippen molar-refractivity contribution in [1.29, 1.82) is 0 Å². The number of phenols is 1. The number of carbonyl (C=O) groups excluding carboxylic acids is 1. The molecule has 102 valence electrons. The van der Waals surface area contributed by atoms with Crippen molar-refractivity contribution >= 4 is 29.2 Å². The van der Waals surface area contributed by atoms with Crippen molar-refractivity contribution < 1.29 is 19.8 Å². The molecule has 2 aromatic rings. The van der Waals surface area contributed by atoms with Gasteiger partial charge in [-0.25, -0.2) is 4.79 Å². The number of amides is 1. The maximum absolute atomic E-state index is 12.0. The molecule has 0 bridgehead atoms. The Morgan fingerprint density at radius 2 is 1.80 bits per heavy atom. The Morgan fingerprint density at radius 1 is 1.10 bits per heavy atom. The Hall–Kier alpha value is -2.53. The van der Waals surface area contributed by atoms with Gasteiger partial charge in [0.15, 0.2) is 0 Å². The summed E-state index contributed by atoms with van der Waals surface area (Å²) in [6, 6.07) is 10.0. The molecule has 0 aliphatic heterocycles. The number of aromatic hydroxyl groups is 1. The van der Waals surface area contributed by atoms with Gasteiger partial charge in [0.2, 0.25) is 0 Å². The quantitative estimate of drug-likeness (QED) is 0.811. The fourth-order valence-corrected chi connectivity index (χ4v) is 1.80. The Kier molecular flexibility index (Phi) is 3.91. The van der Waals surface area contributed by atoms with E-state index in [0.29, 0.717) is 0 Å². The second-order valence-corrected chi connectivity index (χ2v) is 4.38. The van der Waals surface area contributed by atoms with E-state index in [9.17, 15) is 14.7 Å². The van der Waals surface area contributed by atoms with Gasteiger partial charge < -0.3 is 15.5 Å². The molecule has 2 rings (SSSR count). The van der Waals surface area contributed by atoms with Crippen molar-refractivity contribution in [3.8, 4) is 5.75 Å². The molecule has 0 atom stereocenters. The lowest BCUT2D eigenvalue weighted by Gasteiger charge is -2.08. The van der Waals surface area contributed by atoms with Crippen molar-refractivity contribution in [3.63, 3.8) is 0 Å². The minimum atomic E-state index is -1.13. The van der Waals surface area contributed by atoms with Crippen LogP contribution in [0.3, 0.4) is 0 Å². The van der Waals surface area contributed by atoms with Crippen LogP contribution in [0.4, 0.5) is 5.69 Å². The average molecular weight is 292 g/mol. The number of halogens is 1. The summed E-state index contributed by atoms with van der Waals surface area (Å²) in [5, 5.41) is 20.9. The highest BCUT2D eigenvalue weighted by Crippen LogP contribution is 2.24. The van der Waals surface area contributed by atoms with Gasteiger partial charge in [0, 0.05) is 5.56 Å². The predicted octanol–water partition coefficient (Wildman–Crippen LogP) is 3.00. The summed E-state index contributed by atoms with van der Waals surface area (Å²) in [5.74, 6) is -1.78. The van der Waals surface area contributed by atoms with Crippen LogP contribution in [0.15, 0.2) is 42.5 Å². The fraction of sp³-hybridized carbons (Fsp3) is 0. The molecule has 1 amide bonds. The average Bonchev–Trinajstić information content (AvgIpc) is 2.42. The van der Waals surface area contributed by atoms with Crippen LogP contribution in [0.25, 0.3) is 0 Å². The first-order chi connectivity index (χ1) is 9.49. The molecule has 0 radical (unpaired) electrons. The van der Waals surface area contributed by atoms with Crippen LogP contribution >= 0.6 is 11.6 Å². The molecule has 3 N–H and O–H groups in total. The van der Waals surface area contributed by atoms with E-state index in [-0.39, 0.29) is 27.6 Å². The minimum Gasteiger partial charge on any atom is -0.506 e. The monoisotopic (exact) mass is 291 g/mol. The molecule has 2 aromatic carbocycles. The molecule has 0 aliphatic carbocycles. The maximum atomic E-state index is 12.0. The van der Waals surface area contributed by atoms with Gasteiger partial charge in [0.05, 0.1) is 16.3 Å². The summed E-state index contributed by atoms with van der Waals surface area (Å²) in [5.41, 5.74) is 0.396. The van der Waals surface area contributed by atoms with E-state index in [2.05, 4.69) is 5.32 Å². The number of carboxylic acids is 1. The van der Waals surface area contributed by atoms with Crippen LogP contribution in [0.1, 0.15) is 20.7 Å². The summed E-state index contributed by atoms with van der Waals surface area (Å²) in [7, 11) is 0. The zero-order chi connectivity index (χ0) is 14.7. The number of nitrogens with one attached hydrogen (secondary N) is 1. The molecule has 0 saturated heterocycles. The second kappa shape index (κ2) is 5.63. The van der Waals surface area contributed by atoms with Crippen LogP contribution in [0.5, 0.6) is 5.75 Å². The number of para-hydroxylation sites is 1. The molecule has 0 spiro atoms. The maximum Gasteiger partial charge on any atom is 0.337 e. The van der Waals surface area contributed by atoms with E-state index in [1.807, 2.05) is 0 Å². The van der Waals surface area contributed by atoms with E-state index >= 15 is 0 Å². The zero-order valence-corrected chi connectivity index (χ0v) is 10.9. The summed E-state index contributed by atoms with van der Waals surface area (Å²) >= 11 is 5.72.